The zero-order valence-corrected chi connectivity index (χ0v) is 11.0. The minimum Gasteiger partial charge on any atom is -0.355 e. The van der Waals surface area contributed by atoms with Crippen molar-refractivity contribution in [3.8, 4) is 17.3 Å². The van der Waals surface area contributed by atoms with Crippen LogP contribution >= 0.6 is 15.9 Å². The van der Waals surface area contributed by atoms with Crippen molar-refractivity contribution in [3.63, 3.8) is 0 Å². The number of benzene rings is 2. The molecule has 0 spiro atoms. The van der Waals surface area contributed by atoms with Gasteiger partial charge in [0, 0.05) is 21.1 Å². The summed E-state index contributed by atoms with van der Waals surface area (Å²) in [4.78, 5) is 3.36. The fraction of sp³-hybridized carbons (Fsp3) is 0. The van der Waals surface area contributed by atoms with E-state index in [1.807, 2.05) is 30.3 Å². The summed E-state index contributed by atoms with van der Waals surface area (Å²) >= 11 is 3.43. The van der Waals surface area contributed by atoms with Crippen LogP contribution in [-0.4, -0.2) is 4.98 Å². The molecule has 18 heavy (non-hydrogen) atoms. The Balaban J connectivity index is 2.13. The molecule has 1 heterocycles. The van der Waals surface area contributed by atoms with Gasteiger partial charge >= 0.3 is 0 Å². The lowest BCUT2D eigenvalue weighted by atomic mass is 10.1. The molecule has 0 saturated carbocycles. The van der Waals surface area contributed by atoms with Gasteiger partial charge in [-0.1, -0.05) is 28.1 Å². The van der Waals surface area contributed by atoms with Crippen LogP contribution in [0, 0.1) is 11.3 Å². The Labute approximate surface area is 113 Å². The quantitative estimate of drug-likeness (QED) is 0.707. The zero-order chi connectivity index (χ0) is 12.5. The number of nitrogens with one attached hydrogen (secondary N) is 1. The van der Waals surface area contributed by atoms with E-state index in [1.54, 1.807) is 0 Å². The molecule has 0 unspecified atom stereocenters. The van der Waals surface area contributed by atoms with Gasteiger partial charge in [0.1, 0.15) is 0 Å². The maximum absolute atomic E-state index is 8.89. The smallest absolute Gasteiger partial charge is 0.0991 e. The van der Waals surface area contributed by atoms with Crippen LogP contribution in [0.5, 0.6) is 0 Å². The van der Waals surface area contributed by atoms with Crippen molar-refractivity contribution in [1.82, 2.24) is 4.98 Å². The summed E-state index contributed by atoms with van der Waals surface area (Å²) in [7, 11) is 0. The van der Waals surface area contributed by atoms with Gasteiger partial charge in [-0.2, -0.15) is 5.26 Å². The first-order valence-corrected chi connectivity index (χ1v) is 6.34. The minimum atomic E-state index is 0.684. The van der Waals surface area contributed by atoms with Gasteiger partial charge in [0.05, 0.1) is 11.6 Å². The molecule has 0 aliphatic rings. The summed E-state index contributed by atoms with van der Waals surface area (Å²) in [5, 5.41) is 9.95. The van der Waals surface area contributed by atoms with E-state index < -0.39 is 0 Å². The average Bonchev–Trinajstić information content (AvgIpc) is 2.82. The summed E-state index contributed by atoms with van der Waals surface area (Å²) in [5.41, 5.74) is 3.93. The number of nitrogens with zero attached hydrogens (tertiary/aromatic N) is 1. The van der Waals surface area contributed by atoms with Gasteiger partial charge in [0.2, 0.25) is 0 Å². The molecule has 0 atom stereocenters. The highest BCUT2D eigenvalue weighted by atomic mass is 79.9. The predicted octanol–water partition coefficient (Wildman–Crippen LogP) is 4.47. The van der Waals surface area contributed by atoms with Gasteiger partial charge in [0.15, 0.2) is 0 Å². The third-order valence-corrected chi connectivity index (χ3v) is 3.43. The lowest BCUT2D eigenvalue weighted by molar-refractivity contribution is 1.44. The summed E-state index contributed by atoms with van der Waals surface area (Å²) < 4.78 is 1.06. The van der Waals surface area contributed by atoms with Crippen LogP contribution in [0.4, 0.5) is 0 Å². The molecule has 0 aliphatic carbocycles. The van der Waals surface area contributed by atoms with Crippen molar-refractivity contribution < 1.29 is 0 Å². The van der Waals surface area contributed by atoms with Gasteiger partial charge in [-0.25, -0.2) is 0 Å². The van der Waals surface area contributed by atoms with Crippen LogP contribution in [0.25, 0.3) is 22.2 Å². The molecule has 0 saturated heterocycles. The standard InChI is InChI=1S/C15H9BrN2/c16-13-4-2-11(3-5-13)15-8-12-7-10(9-17)1-6-14(12)18-15/h1-8,18H. The van der Waals surface area contributed by atoms with Crippen LogP contribution in [0.15, 0.2) is 53.0 Å². The third-order valence-electron chi connectivity index (χ3n) is 2.91. The molecule has 3 heteroatoms. The predicted molar refractivity (Wildman–Crippen MR) is 76.1 cm³/mol. The number of hydrogen-bond donors (Lipinski definition) is 1. The largest absolute Gasteiger partial charge is 0.355 e. The zero-order valence-electron chi connectivity index (χ0n) is 9.44. The monoisotopic (exact) mass is 296 g/mol. The van der Waals surface area contributed by atoms with Crippen molar-refractivity contribution in [2.75, 3.05) is 0 Å². The number of aromatic nitrogens is 1. The molecule has 1 N–H and O–H groups in total. The second-order valence-electron chi connectivity index (χ2n) is 4.10. The van der Waals surface area contributed by atoms with E-state index in [1.165, 1.54) is 0 Å². The third kappa shape index (κ3) is 1.92. The van der Waals surface area contributed by atoms with Crippen molar-refractivity contribution >= 4 is 26.8 Å². The highest BCUT2D eigenvalue weighted by Gasteiger charge is 2.04. The number of rotatable bonds is 1. The lowest BCUT2D eigenvalue weighted by Crippen LogP contribution is -1.76. The van der Waals surface area contributed by atoms with Crippen LogP contribution in [0.1, 0.15) is 5.56 Å². The molecule has 3 rings (SSSR count). The van der Waals surface area contributed by atoms with Crippen LogP contribution in [0.3, 0.4) is 0 Å². The summed E-state index contributed by atoms with van der Waals surface area (Å²) in [5.74, 6) is 0. The molecular formula is C15H9BrN2. The van der Waals surface area contributed by atoms with Crippen LogP contribution in [0.2, 0.25) is 0 Å². The first-order chi connectivity index (χ1) is 8.76. The molecule has 0 amide bonds. The van der Waals surface area contributed by atoms with Gasteiger partial charge < -0.3 is 4.98 Å². The van der Waals surface area contributed by atoms with E-state index in [0.717, 1.165) is 26.6 Å². The first kappa shape index (κ1) is 11.1. The van der Waals surface area contributed by atoms with Crippen molar-refractivity contribution in [3.05, 3.63) is 58.6 Å². The summed E-state index contributed by atoms with van der Waals surface area (Å²) in [6, 6.07) is 18.0. The molecule has 86 valence electrons. The van der Waals surface area contributed by atoms with Crippen molar-refractivity contribution in [2.45, 2.75) is 0 Å². The fourth-order valence-electron chi connectivity index (χ4n) is 1.99. The second-order valence-corrected chi connectivity index (χ2v) is 5.02. The lowest BCUT2D eigenvalue weighted by Gasteiger charge is -1.97. The normalized spacial score (nSPS) is 10.4. The molecule has 1 aromatic heterocycles. The first-order valence-electron chi connectivity index (χ1n) is 5.55. The maximum Gasteiger partial charge on any atom is 0.0991 e. The van der Waals surface area contributed by atoms with Crippen molar-refractivity contribution in [1.29, 1.82) is 5.26 Å². The number of aromatic amines is 1. The molecule has 2 aromatic carbocycles. The Bertz CT molecular complexity index is 748. The number of H-pyrrole nitrogens is 1. The SMILES string of the molecule is N#Cc1ccc2[nH]c(-c3ccc(Br)cc3)cc2c1. The van der Waals surface area contributed by atoms with Crippen LogP contribution in [-0.2, 0) is 0 Å². The highest BCUT2D eigenvalue weighted by molar-refractivity contribution is 9.10. The summed E-state index contributed by atoms with van der Waals surface area (Å²) in [6.45, 7) is 0. The Hall–Kier alpha value is -2.05. The van der Waals surface area contributed by atoms with Crippen LogP contribution < -0.4 is 0 Å². The minimum absolute atomic E-state index is 0.684. The topological polar surface area (TPSA) is 39.6 Å². The van der Waals surface area contributed by atoms with E-state index in [-0.39, 0.29) is 0 Å². The van der Waals surface area contributed by atoms with E-state index in [9.17, 15) is 0 Å². The van der Waals surface area contributed by atoms with Gasteiger partial charge in [-0.05, 0) is 42.0 Å². The Morgan fingerprint density at radius 1 is 1.00 bits per heavy atom. The molecule has 2 nitrogen and oxygen atoms in total. The highest BCUT2D eigenvalue weighted by Crippen LogP contribution is 2.25. The number of halogens is 1. The van der Waals surface area contributed by atoms with E-state index in [0.29, 0.717) is 5.56 Å². The molecule has 0 bridgehead atoms. The van der Waals surface area contributed by atoms with E-state index >= 15 is 0 Å². The second kappa shape index (κ2) is 4.32. The van der Waals surface area contributed by atoms with E-state index in [4.69, 9.17) is 5.26 Å². The molecule has 0 radical (unpaired) electrons. The van der Waals surface area contributed by atoms with Gasteiger partial charge in [0.25, 0.3) is 0 Å². The molecule has 3 aromatic rings. The van der Waals surface area contributed by atoms with Gasteiger partial charge in [-0.3, -0.25) is 0 Å². The molecular weight excluding hydrogens is 288 g/mol. The number of nitriles is 1. The molecule has 0 fully saturated rings. The number of hydrogen-bond acceptors (Lipinski definition) is 1. The Morgan fingerprint density at radius 3 is 2.50 bits per heavy atom. The molecule has 0 aliphatic heterocycles. The van der Waals surface area contributed by atoms with Crippen molar-refractivity contribution in [2.24, 2.45) is 0 Å². The Kier molecular flexibility index (Phi) is 2.66. The van der Waals surface area contributed by atoms with Gasteiger partial charge in [-0.15, -0.1) is 0 Å². The average molecular weight is 297 g/mol. The summed E-state index contributed by atoms with van der Waals surface area (Å²) in [6.07, 6.45) is 0. The maximum atomic E-state index is 8.89. The fourth-order valence-corrected chi connectivity index (χ4v) is 2.25. The Morgan fingerprint density at radius 2 is 1.78 bits per heavy atom. The van der Waals surface area contributed by atoms with E-state index in [2.05, 4.69) is 45.2 Å². The number of fused-ring (bicyclic) bond motifs is 1.